The second-order valence-corrected chi connectivity index (χ2v) is 5.67. The van der Waals surface area contributed by atoms with Gasteiger partial charge in [0.1, 0.15) is 23.3 Å². The van der Waals surface area contributed by atoms with Gasteiger partial charge in [-0.2, -0.15) is 5.26 Å². The molecule has 0 aliphatic carbocycles. The number of hydrogen-bond acceptors (Lipinski definition) is 3. The highest BCUT2D eigenvalue weighted by atomic mass is 19.1. The lowest BCUT2D eigenvalue weighted by atomic mass is 10.0. The van der Waals surface area contributed by atoms with E-state index in [2.05, 4.69) is 24.5 Å². The topological polar surface area (TPSA) is 64.9 Å². The number of nitriles is 1. The summed E-state index contributed by atoms with van der Waals surface area (Å²) in [5, 5.41) is 14.1. The monoisotopic (exact) mass is 341 g/mol. The smallest absolute Gasteiger partial charge is 0.267 e. The average Bonchev–Trinajstić information content (AvgIpc) is 2.58. The summed E-state index contributed by atoms with van der Waals surface area (Å²) in [5.41, 5.74) is 1.23. The van der Waals surface area contributed by atoms with E-state index in [0.717, 1.165) is 30.0 Å². The molecule has 0 bridgehead atoms. The van der Waals surface area contributed by atoms with Crippen LogP contribution in [-0.4, -0.2) is 5.91 Å². The number of halogens is 2. The molecule has 0 aromatic heterocycles. The number of nitrogens with zero attached hydrogens (tertiary/aromatic N) is 1. The van der Waals surface area contributed by atoms with Crippen molar-refractivity contribution in [2.24, 2.45) is 0 Å². The molecule has 0 saturated heterocycles. The van der Waals surface area contributed by atoms with Crippen molar-refractivity contribution in [2.45, 2.75) is 19.8 Å². The largest absolute Gasteiger partial charge is 0.358 e. The molecule has 4 nitrogen and oxygen atoms in total. The van der Waals surface area contributed by atoms with Crippen LogP contribution in [0, 0.1) is 23.0 Å². The molecular formula is C19H17F2N3O. The van der Waals surface area contributed by atoms with E-state index < -0.39 is 17.5 Å². The molecule has 2 aromatic rings. The third kappa shape index (κ3) is 4.88. The summed E-state index contributed by atoms with van der Waals surface area (Å²) in [5.74, 6) is -1.61. The predicted octanol–water partition coefficient (Wildman–Crippen LogP) is 4.55. The molecule has 6 heteroatoms. The molecule has 2 N–H and O–H groups in total. The van der Waals surface area contributed by atoms with Crippen molar-refractivity contribution >= 4 is 17.3 Å². The zero-order chi connectivity index (χ0) is 18.4. The summed E-state index contributed by atoms with van der Waals surface area (Å²) < 4.78 is 26.7. The lowest BCUT2D eigenvalue weighted by Gasteiger charge is -2.08. The van der Waals surface area contributed by atoms with Crippen LogP contribution in [-0.2, 0) is 4.79 Å². The maximum atomic E-state index is 13.5. The van der Waals surface area contributed by atoms with Gasteiger partial charge in [-0.05, 0) is 35.7 Å². The van der Waals surface area contributed by atoms with Crippen molar-refractivity contribution in [1.82, 2.24) is 0 Å². The minimum Gasteiger partial charge on any atom is -0.358 e. The van der Waals surface area contributed by atoms with Crippen LogP contribution >= 0.6 is 0 Å². The normalized spacial score (nSPS) is 11.1. The summed E-state index contributed by atoms with van der Waals surface area (Å²) >= 11 is 0. The fourth-order valence-corrected chi connectivity index (χ4v) is 2.06. The molecule has 25 heavy (non-hydrogen) atoms. The van der Waals surface area contributed by atoms with E-state index in [4.69, 9.17) is 5.26 Å². The average molecular weight is 341 g/mol. The number of rotatable bonds is 5. The number of anilines is 2. The van der Waals surface area contributed by atoms with Gasteiger partial charge in [-0.1, -0.05) is 26.0 Å². The highest BCUT2D eigenvalue weighted by molar-refractivity contribution is 6.06. The molecule has 0 saturated carbocycles. The Morgan fingerprint density at radius 3 is 2.44 bits per heavy atom. The zero-order valence-electron chi connectivity index (χ0n) is 13.8. The first-order valence-electron chi connectivity index (χ1n) is 7.64. The number of nitrogens with one attached hydrogen (secondary N) is 2. The van der Waals surface area contributed by atoms with Crippen molar-refractivity contribution in [3.8, 4) is 6.07 Å². The second-order valence-electron chi connectivity index (χ2n) is 5.67. The van der Waals surface area contributed by atoms with Crippen molar-refractivity contribution in [2.75, 3.05) is 10.6 Å². The maximum Gasteiger partial charge on any atom is 0.267 e. The predicted molar refractivity (Wildman–Crippen MR) is 92.8 cm³/mol. The molecule has 0 unspecified atom stereocenters. The van der Waals surface area contributed by atoms with Gasteiger partial charge >= 0.3 is 0 Å². The lowest BCUT2D eigenvalue weighted by molar-refractivity contribution is -0.112. The van der Waals surface area contributed by atoms with Gasteiger partial charge < -0.3 is 10.6 Å². The number of amides is 1. The molecular weight excluding hydrogens is 324 g/mol. The Balaban J connectivity index is 2.10. The fourth-order valence-electron chi connectivity index (χ4n) is 2.06. The van der Waals surface area contributed by atoms with Crippen LogP contribution in [0.1, 0.15) is 25.3 Å². The number of carbonyl (C=O) groups excluding carboxylic acids is 1. The first-order valence-corrected chi connectivity index (χ1v) is 7.64. The Hall–Kier alpha value is -3.20. The first-order chi connectivity index (χ1) is 11.9. The molecule has 0 aliphatic rings. The summed E-state index contributed by atoms with van der Waals surface area (Å²) in [4.78, 5) is 12.1. The quantitative estimate of drug-likeness (QED) is 0.619. The summed E-state index contributed by atoms with van der Waals surface area (Å²) in [6.07, 6.45) is 1.04. The first kappa shape index (κ1) is 18.1. The van der Waals surface area contributed by atoms with Gasteiger partial charge in [0.2, 0.25) is 0 Å². The highest BCUT2D eigenvalue weighted by Gasteiger charge is 2.10. The highest BCUT2D eigenvalue weighted by Crippen LogP contribution is 2.18. The number of carbonyl (C=O) groups is 1. The summed E-state index contributed by atoms with van der Waals surface area (Å²) in [7, 11) is 0. The van der Waals surface area contributed by atoms with Crippen LogP contribution in [0.5, 0.6) is 0 Å². The van der Waals surface area contributed by atoms with E-state index in [1.54, 1.807) is 18.2 Å². The van der Waals surface area contributed by atoms with E-state index in [0.29, 0.717) is 11.6 Å². The van der Waals surface area contributed by atoms with Crippen molar-refractivity contribution in [3.05, 3.63) is 71.4 Å². The Labute approximate surface area is 144 Å². The van der Waals surface area contributed by atoms with Crippen molar-refractivity contribution in [3.63, 3.8) is 0 Å². The van der Waals surface area contributed by atoms with Gasteiger partial charge in [-0.3, -0.25) is 4.79 Å². The van der Waals surface area contributed by atoms with E-state index in [9.17, 15) is 13.6 Å². The zero-order valence-corrected chi connectivity index (χ0v) is 13.8. The molecule has 0 radical (unpaired) electrons. The third-order valence-electron chi connectivity index (χ3n) is 3.50. The van der Waals surface area contributed by atoms with Gasteiger partial charge in [-0.15, -0.1) is 0 Å². The molecule has 0 atom stereocenters. The van der Waals surface area contributed by atoms with Gasteiger partial charge in [0, 0.05) is 18.0 Å². The third-order valence-corrected chi connectivity index (χ3v) is 3.50. The van der Waals surface area contributed by atoms with E-state index in [1.807, 2.05) is 12.1 Å². The molecule has 0 fully saturated rings. The second kappa shape index (κ2) is 8.06. The number of hydrogen-bond donors (Lipinski definition) is 2. The summed E-state index contributed by atoms with van der Waals surface area (Å²) in [6.45, 7) is 4.11. The van der Waals surface area contributed by atoms with Gasteiger partial charge in [-0.25, -0.2) is 8.78 Å². The lowest BCUT2D eigenvalue weighted by Crippen LogP contribution is -2.14. The van der Waals surface area contributed by atoms with Gasteiger partial charge in [0.25, 0.3) is 5.91 Å². The molecule has 2 rings (SSSR count). The molecule has 0 heterocycles. The molecule has 128 valence electrons. The molecule has 0 spiro atoms. The van der Waals surface area contributed by atoms with Crippen molar-refractivity contribution in [1.29, 1.82) is 5.26 Å². The summed E-state index contributed by atoms with van der Waals surface area (Å²) in [6, 6.07) is 11.8. The van der Waals surface area contributed by atoms with Crippen LogP contribution < -0.4 is 10.6 Å². The van der Waals surface area contributed by atoms with Gasteiger partial charge in [0.15, 0.2) is 0 Å². The standard InChI is InChI=1S/C19H17F2N3O/c1-12(2)13-3-6-16(7-4-13)24-19(25)14(10-22)11-23-18-9-15(20)5-8-17(18)21/h3-9,11-12,23H,1-2H3,(H,24,25)/b14-11-. The SMILES string of the molecule is CC(C)c1ccc(NC(=O)/C(C#N)=C\Nc2cc(F)ccc2F)cc1. The van der Waals surface area contributed by atoms with Crippen molar-refractivity contribution < 1.29 is 13.6 Å². The number of benzene rings is 2. The Morgan fingerprint density at radius 1 is 1.16 bits per heavy atom. The Morgan fingerprint density at radius 2 is 1.84 bits per heavy atom. The Kier molecular flexibility index (Phi) is 5.85. The van der Waals surface area contributed by atoms with Crippen LogP contribution in [0.15, 0.2) is 54.2 Å². The van der Waals surface area contributed by atoms with E-state index in [-0.39, 0.29) is 11.3 Å². The van der Waals surface area contributed by atoms with Crippen LogP contribution in [0.4, 0.5) is 20.2 Å². The molecule has 0 aliphatic heterocycles. The fraction of sp³-hybridized carbons (Fsp3) is 0.158. The van der Waals surface area contributed by atoms with Gasteiger partial charge in [0.05, 0.1) is 5.69 Å². The Bertz CT molecular complexity index is 837. The van der Waals surface area contributed by atoms with E-state index >= 15 is 0 Å². The van der Waals surface area contributed by atoms with Crippen LogP contribution in [0.3, 0.4) is 0 Å². The molecule has 2 aromatic carbocycles. The minimum absolute atomic E-state index is 0.165. The minimum atomic E-state index is -0.695. The van der Waals surface area contributed by atoms with E-state index in [1.165, 1.54) is 0 Å². The van der Waals surface area contributed by atoms with Crippen LogP contribution in [0.2, 0.25) is 0 Å². The molecule has 1 amide bonds. The maximum absolute atomic E-state index is 13.5. The van der Waals surface area contributed by atoms with Crippen LogP contribution in [0.25, 0.3) is 0 Å².